The van der Waals surface area contributed by atoms with Crippen molar-refractivity contribution in [3.05, 3.63) is 29.8 Å². The molecule has 0 saturated carbocycles. The summed E-state index contributed by atoms with van der Waals surface area (Å²) in [5.74, 6) is -0.114. The van der Waals surface area contributed by atoms with Gasteiger partial charge < -0.3 is 10.1 Å². The van der Waals surface area contributed by atoms with Crippen molar-refractivity contribution in [3.8, 4) is 0 Å². The second-order valence-electron chi connectivity index (χ2n) is 3.73. The van der Waals surface area contributed by atoms with Crippen molar-refractivity contribution in [3.63, 3.8) is 0 Å². The van der Waals surface area contributed by atoms with Gasteiger partial charge in [-0.15, -0.1) is 0 Å². The third-order valence-electron chi connectivity index (χ3n) is 2.54. The number of nitrogens with one attached hydrogen (secondary N) is 1. The Balaban J connectivity index is 1.97. The molecule has 1 unspecified atom stereocenters. The van der Waals surface area contributed by atoms with Gasteiger partial charge >= 0.3 is 0 Å². The molecule has 1 atom stereocenters. The van der Waals surface area contributed by atoms with Crippen LogP contribution in [0.4, 0.5) is 5.69 Å². The van der Waals surface area contributed by atoms with Gasteiger partial charge in [0.25, 0.3) is 5.91 Å². The van der Waals surface area contributed by atoms with Crippen LogP contribution in [-0.4, -0.2) is 24.9 Å². The molecule has 1 aromatic rings. The summed E-state index contributed by atoms with van der Waals surface area (Å²) < 4.78 is 5.26. The maximum Gasteiger partial charge on any atom is 0.253 e. The quantitative estimate of drug-likeness (QED) is 0.786. The van der Waals surface area contributed by atoms with Gasteiger partial charge in [0.05, 0.1) is 0 Å². The summed E-state index contributed by atoms with van der Waals surface area (Å²) in [5, 5.41) is 2.76. The molecule has 1 heterocycles. The van der Waals surface area contributed by atoms with Crippen molar-refractivity contribution in [1.29, 1.82) is 0 Å². The number of carbonyl (C=O) groups is 2. The summed E-state index contributed by atoms with van der Waals surface area (Å²) in [4.78, 5) is 22.1. The Morgan fingerprint density at radius 3 is 2.69 bits per heavy atom. The zero-order valence-corrected chi connectivity index (χ0v) is 8.81. The highest BCUT2D eigenvalue weighted by molar-refractivity contribution is 5.94. The molecule has 84 valence electrons. The topological polar surface area (TPSA) is 55.4 Å². The first-order valence-corrected chi connectivity index (χ1v) is 5.27. The van der Waals surface area contributed by atoms with Crippen molar-refractivity contribution in [2.45, 2.75) is 18.9 Å². The van der Waals surface area contributed by atoms with E-state index in [1.807, 2.05) is 0 Å². The normalized spacial score (nSPS) is 19.4. The molecule has 0 spiro atoms. The first-order chi connectivity index (χ1) is 7.79. The lowest BCUT2D eigenvalue weighted by Gasteiger charge is -2.10. The van der Waals surface area contributed by atoms with Crippen molar-refractivity contribution in [1.82, 2.24) is 0 Å². The highest BCUT2D eigenvalue weighted by Gasteiger charge is 2.23. The van der Waals surface area contributed by atoms with Gasteiger partial charge in [-0.25, -0.2) is 0 Å². The fourth-order valence-corrected chi connectivity index (χ4v) is 1.65. The van der Waals surface area contributed by atoms with E-state index in [1.165, 1.54) is 0 Å². The van der Waals surface area contributed by atoms with Gasteiger partial charge in [0, 0.05) is 17.9 Å². The van der Waals surface area contributed by atoms with Crippen LogP contribution in [0.15, 0.2) is 24.3 Å². The Kier molecular flexibility index (Phi) is 3.31. The van der Waals surface area contributed by atoms with Crippen LogP contribution in [0.1, 0.15) is 23.2 Å². The molecule has 0 radical (unpaired) electrons. The van der Waals surface area contributed by atoms with Crippen molar-refractivity contribution >= 4 is 17.9 Å². The first-order valence-electron chi connectivity index (χ1n) is 5.27. The molecule has 1 aliphatic heterocycles. The van der Waals surface area contributed by atoms with Crippen LogP contribution in [0.2, 0.25) is 0 Å². The molecule has 1 fully saturated rings. The smallest absolute Gasteiger partial charge is 0.253 e. The highest BCUT2D eigenvalue weighted by atomic mass is 16.5. The number of rotatable bonds is 3. The minimum absolute atomic E-state index is 0.114. The lowest BCUT2D eigenvalue weighted by molar-refractivity contribution is -0.124. The van der Waals surface area contributed by atoms with E-state index in [2.05, 4.69) is 5.32 Å². The van der Waals surface area contributed by atoms with Crippen LogP contribution in [0.5, 0.6) is 0 Å². The Morgan fingerprint density at radius 1 is 1.38 bits per heavy atom. The minimum Gasteiger partial charge on any atom is -0.368 e. The maximum absolute atomic E-state index is 11.7. The Bertz CT molecular complexity index is 380. The van der Waals surface area contributed by atoms with E-state index in [9.17, 15) is 9.59 Å². The van der Waals surface area contributed by atoms with Crippen LogP contribution in [-0.2, 0) is 9.53 Å². The van der Waals surface area contributed by atoms with Crippen LogP contribution in [0.25, 0.3) is 0 Å². The van der Waals surface area contributed by atoms with E-state index in [4.69, 9.17) is 4.74 Å². The fraction of sp³-hybridized carbons (Fsp3) is 0.333. The number of hydrogen-bond acceptors (Lipinski definition) is 3. The summed E-state index contributed by atoms with van der Waals surface area (Å²) in [6.07, 6.45) is 2.15. The van der Waals surface area contributed by atoms with Crippen molar-refractivity contribution in [2.75, 3.05) is 11.9 Å². The molecule has 0 bridgehead atoms. The Hall–Kier alpha value is -1.68. The van der Waals surface area contributed by atoms with Crippen LogP contribution in [0.3, 0.4) is 0 Å². The molecule has 4 nitrogen and oxygen atoms in total. The largest absolute Gasteiger partial charge is 0.368 e. The van der Waals surface area contributed by atoms with Crippen LogP contribution < -0.4 is 5.32 Å². The highest BCUT2D eigenvalue weighted by Crippen LogP contribution is 2.15. The Labute approximate surface area is 93.6 Å². The van der Waals surface area contributed by atoms with E-state index in [1.54, 1.807) is 24.3 Å². The molecule has 1 aromatic carbocycles. The lowest BCUT2D eigenvalue weighted by atomic mass is 10.2. The average molecular weight is 219 g/mol. The molecule has 1 N–H and O–H groups in total. The van der Waals surface area contributed by atoms with Crippen molar-refractivity contribution in [2.24, 2.45) is 0 Å². The molecule has 16 heavy (non-hydrogen) atoms. The molecule has 1 aliphatic rings. The molecular formula is C12H13NO3. The number of aldehydes is 1. The third kappa shape index (κ3) is 2.46. The number of amides is 1. The molecule has 0 aromatic heterocycles. The molecule has 0 aliphatic carbocycles. The summed E-state index contributed by atoms with van der Waals surface area (Å²) in [6, 6.07) is 6.74. The van der Waals surface area contributed by atoms with E-state index >= 15 is 0 Å². The van der Waals surface area contributed by atoms with Gasteiger partial charge in [-0.3, -0.25) is 9.59 Å². The zero-order chi connectivity index (χ0) is 11.4. The Morgan fingerprint density at radius 2 is 2.12 bits per heavy atom. The minimum atomic E-state index is -0.328. The predicted molar refractivity (Wildman–Crippen MR) is 59.4 cm³/mol. The third-order valence-corrected chi connectivity index (χ3v) is 2.54. The number of hydrogen-bond donors (Lipinski definition) is 1. The summed E-state index contributed by atoms with van der Waals surface area (Å²) in [5.41, 5.74) is 1.28. The summed E-state index contributed by atoms with van der Waals surface area (Å²) >= 11 is 0. The number of anilines is 1. The fourth-order valence-electron chi connectivity index (χ4n) is 1.65. The molecular weight excluding hydrogens is 206 g/mol. The van der Waals surface area contributed by atoms with E-state index < -0.39 is 0 Å². The van der Waals surface area contributed by atoms with Gasteiger partial charge in [-0.05, 0) is 37.1 Å². The zero-order valence-electron chi connectivity index (χ0n) is 8.81. The number of ether oxygens (including phenoxy) is 1. The van der Waals surface area contributed by atoms with Crippen molar-refractivity contribution < 1.29 is 14.3 Å². The van der Waals surface area contributed by atoms with Gasteiger partial charge in [0.2, 0.25) is 0 Å². The van der Waals surface area contributed by atoms with Gasteiger partial charge in [0.1, 0.15) is 12.4 Å². The average Bonchev–Trinajstić information content (AvgIpc) is 2.83. The van der Waals surface area contributed by atoms with E-state index in [0.717, 1.165) is 19.1 Å². The molecule has 2 rings (SSSR count). The summed E-state index contributed by atoms with van der Waals surface area (Å²) in [6.45, 7) is 0.655. The lowest BCUT2D eigenvalue weighted by Crippen LogP contribution is -2.26. The number of benzene rings is 1. The first kappa shape index (κ1) is 10.8. The molecule has 1 amide bonds. The molecule has 1 saturated heterocycles. The second kappa shape index (κ2) is 4.90. The van der Waals surface area contributed by atoms with E-state index in [0.29, 0.717) is 17.9 Å². The maximum atomic E-state index is 11.7. The van der Waals surface area contributed by atoms with Crippen LogP contribution >= 0.6 is 0 Å². The summed E-state index contributed by atoms with van der Waals surface area (Å²) in [7, 11) is 0. The predicted octanol–water partition coefficient (Wildman–Crippen LogP) is 1.62. The number of carbonyl (C=O) groups excluding carboxylic acids is 2. The monoisotopic (exact) mass is 219 g/mol. The van der Waals surface area contributed by atoms with Crippen LogP contribution in [0, 0.1) is 0 Å². The second-order valence-corrected chi connectivity index (χ2v) is 3.73. The SMILES string of the molecule is O=Cc1ccc(NC(=O)C2CCCO2)cc1. The van der Waals surface area contributed by atoms with Gasteiger partial charge in [-0.1, -0.05) is 0 Å². The standard InChI is InChI=1S/C12H13NO3/c14-8-9-3-5-10(6-4-9)13-12(15)11-2-1-7-16-11/h3-6,8,11H,1-2,7H2,(H,13,15). The molecule has 4 heteroatoms. The van der Waals surface area contributed by atoms with Gasteiger partial charge in [0.15, 0.2) is 0 Å². The van der Waals surface area contributed by atoms with Gasteiger partial charge in [-0.2, -0.15) is 0 Å². The van der Waals surface area contributed by atoms with E-state index in [-0.39, 0.29) is 12.0 Å².